The topological polar surface area (TPSA) is 114 Å². The van der Waals surface area contributed by atoms with E-state index in [1.54, 1.807) is 24.5 Å². The van der Waals surface area contributed by atoms with Crippen LogP contribution in [0.15, 0.2) is 24.5 Å². The number of hydrogen-bond acceptors (Lipinski definition) is 5. The summed E-state index contributed by atoms with van der Waals surface area (Å²) in [6.07, 6.45) is 16.1. The maximum absolute atomic E-state index is 11.7. The molecule has 27 heavy (non-hydrogen) atoms. The van der Waals surface area contributed by atoms with E-state index in [2.05, 4.69) is 11.9 Å². The van der Waals surface area contributed by atoms with Gasteiger partial charge in [0.05, 0.1) is 12.2 Å². The summed E-state index contributed by atoms with van der Waals surface area (Å²) in [5, 5.41) is 0. The standard InChI is InChI=1S/C18H29NO2.Na.H2O4S.H/c1-2-3-4-5-6-7-8-9-10-11-16-21-18(20)17-12-14-19-15-13-17;;1-5(2,3)4;/h12-15H,2-11,16H2,1H3;;(H2,1,2,3,4);. The molecule has 0 fully saturated rings. The molecule has 0 aliphatic carbocycles. The van der Waals surface area contributed by atoms with Crippen molar-refractivity contribution >= 4 is 45.9 Å². The first-order chi connectivity index (χ1) is 12.3. The van der Waals surface area contributed by atoms with E-state index >= 15 is 0 Å². The molecule has 2 N–H and O–H groups in total. The van der Waals surface area contributed by atoms with Gasteiger partial charge in [0.1, 0.15) is 0 Å². The minimum absolute atomic E-state index is 0. The van der Waals surface area contributed by atoms with Crippen LogP contribution in [0.4, 0.5) is 0 Å². The van der Waals surface area contributed by atoms with Crippen LogP contribution in [0.2, 0.25) is 0 Å². The Morgan fingerprint density at radius 2 is 1.33 bits per heavy atom. The van der Waals surface area contributed by atoms with Gasteiger partial charge < -0.3 is 4.74 Å². The van der Waals surface area contributed by atoms with Crippen molar-refractivity contribution in [2.24, 2.45) is 0 Å². The SMILES string of the molecule is CCCCCCCCCCCCOC(=O)c1ccncc1.O=S(=O)(O)O.[NaH]. The Morgan fingerprint density at radius 3 is 1.78 bits per heavy atom. The van der Waals surface area contributed by atoms with E-state index in [9.17, 15) is 4.79 Å². The van der Waals surface area contributed by atoms with Crippen LogP contribution in [-0.2, 0) is 15.1 Å². The Bertz CT molecular complexity index is 560. The molecule has 152 valence electrons. The number of hydrogen-bond donors (Lipinski definition) is 2. The van der Waals surface area contributed by atoms with Crippen molar-refractivity contribution < 1.29 is 27.1 Å². The zero-order valence-corrected chi connectivity index (χ0v) is 16.3. The van der Waals surface area contributed by atoms with Gasteiger partial charge in [-0.1, -0.05) is 64.7 Å². The quantitative estimate of drug-likeness (QED) is 0.231. The molecule has 0 aliphatic heterocycles. The van der Waals surface area contributed by atoms with Gasteiger partial charge in [-0.15, -0.1) is 0 Å². The molecule has 0 aliphatic rings. The number of ether oxygens (including phenoxy) is 1. The summed E-state index contributed by atoms with van der Waals surface area (Å²) in [6, 6.07) is 3.36. The third-order valence-corrected chi connectivity index (χ3v) is 3.65. The maximum atomic E-state index is 11.7. The van der Waals surface area contributed by atoms with Crippen molar-refractivity contribution in [3.8, 4) is 0 Å². The van der Waals surface area contributed by atoms with Crippen LogP contribution in [-0.4, -0.2) is 64.6 Å². The fraction of sp³-hybridized carbons (Fsp3) is 0.667. The number of rotatable bonds is 12. The van der Waals surface area contributed by atoms with Crippen molar-refractivity contribution in [1.82, 2.24) is 4.98 Å². The Morgan fingerprint density at radius 1 is 0.926 bits per heavy atom. The minimum atomic E-state index is -4.67. The third kappa shape index (κ3) is 23.5. The van der Waals surface area contributed by atoms with Gasteiger partial charge in [-0.2, -0.15) is 8.42 Å². The molecule has 0 saturated heterocycles. The van der Waals surface area contributed by atoms with E-state index < -0.39 is 10.4 Å². The second-order valence-corrected chi connectivity index (χ2v) is 6.90. The van der Waals surface area contributed by atoms with Gasteiger partial charge in [-0.3, -0.25) is 14.1 Å². The number of carbonyl (C=O) groups excluding carboxylic acids is 1. The van der Waals surface area contributed by atoms with E-state index in [-0.39, 0.29) is 35.5 Å². The molecule has 1 heterocycles. The average molecular weight is 414 g/mol. The van der Waals surface area contributed by atoms with Crippen molar-refractivity contribution in [1.29, 1.82) is 0 Å². The Labute approximate surface area is 185 Å². The summed E-state index contributed by atoms with van der Waals surface area (Å²) >= 11 is 0. The molecule has 0 spiro atoms. The molecule has 1 aromatic heterocycles. The number of carbonyl (C=O) groups is 1. The van der Waals surface area contributed by atoms with Gasteiger partial charge >= 0.3 is 45.9 Å². The van der Waals surface area contributed by atoms with Crippen LogP contribution in [0.25, 0.3) is 0 Å². The van der Waals surface area contributed by atoms with Crippen molar-refractivity contribution in [3.63, 3.8) is 0 Å². The van der Waals surface area contributed by atoms with E-state index in [0.717, 1.165) is 12.8 Å². The Hall–Kier alpha value is -0.510. The predicted octanol–water partition coefficient (Wildman–Crippen LogP) is 3.86. The number of nitrogens with zero attached hydrogens (tertiary/aromatic N) is 1. The molecule has 9 heteroatoms. The summed E-state index contributed by atoms with van der Waals surface area (Å²) in [7, 11) is -4.67. The normalized spacial score (nSPS) is 10.3. The second kappa shape index (κ2) is 18.8. The molecule has 0 aromatic carbocycles. The summed E-state index contributed by atoms with van der Waals surface area (Å²) in [5.74, 6) is -0.242. The number of aromatic nitrogens is 1. The Kier molecular flexibility index (Phi) is 20.0. The third-order valence-electron chi connectivity index (χ3n) is 3.65. The molecule has 1 aromatic rings. The first kappa shape index (κ1) is 28.7. The second-order valence-electron chi connectivity index (χ2n) is 6.00. The van der Waals surface area contributed by atoms with E-state index in [0.29, 0.717) is 12.2 Å². The Balaban J connectivity index is 0. The van der Waals surface area contributed by atoms with Gasteiger partial charge in [-0.25, -0.2) is 4.79 Å². The van der Waals surface area contributed by atoms with Crippen LogP contribution in [0.3, 0.4) is 0 Å². The molecular weight excluding hydrogens is 381 g/mol. The first-order valence-corrected chi connectivity index (χ1v) is 10.5. The van der Waals surface area contributed by atoms with Crippen LogP contribution in [0, 0.1) is 0 Å². The zero-order valence-electron chi connectivity index (χ0n) is 15.5. The van der Waals surface area contributed by atoms with Crippen LogP contribution in [0.1, 0.15) is 81.5 Å². The molecule has 0 bridgehead atoms. The predicted molar refractivity (Wildman–Crippen MR) is 108 cm³/mol. The molecule has 7 nitrogen and oxygen atoms in total. The van der Waals surface area contributed by atoms with Gasteiger partial charge in [0.15, 0.2) is 0 Å². The molecule has 0 atom stereocenters. The van der Waals surface area contributed by atoms with Gasteiger partial charge in [0.25, 0.3) is 0 Å². The van der Waals surface area contributed by atoms with E-state index in [4.69, 9.17) is 22.3 Å². The van der Waals surface area contributed by atoms with Crippen LogP contribution in [0.5, 0.6) is 0 Å². The summed E-state index contributed by atoms with van der Waals surface area (Å²) in [4.78, 5) is 15.5. The molecular formula is C18H32NNaO6S. The van der Waals surface area contributed by atoms with Crippen molar-refractivity contribution in [2.45, 2.75) is 71.1 Å². The fourth-order valence-corrected chi connectivity index (χ4v) is 2.33. The van der Waals surface area contributed by atoms with Crippen molar-refractivity contribution in [2.75, 3.05) is 6.61 Å². The van der Waals surface area contributed by atoms with E-state index in [1.807, 2.05) is 0 Å². The van der Waals surface area contributed by atoms with E-state index in [1.165, 1.54) is 51.4 Å². The van der Waals surface area contributed by atoms with Crippen molar-refractivity contribution in [3.05, 3.63) is 30.1 Å². The van der Waals surface area contributed by atoms with Gasteiger partial charge in [0.2, 0.25) is 0 Å². The number of pyridine rings is 1. The summed E-state index contributed by atoms with van der Waals surface area (Å²) < 4.78 is 36.8. The molecule has 0 radical (unpaired) electrons. The first-order valence-electron chi connectivity index (χ1n) is 9.11. The summed E-state index contributed by atoms with van der Waals surface area (Å²) in [6.45, 7) is 2.78. The van der Waals surface area contributed by atoms with Gasteiger partial charge in [-0.05, 0) is 18.6 Å². The molecule has 0 amide bonds. The fourth-order valence-electron chi connectivity index (χ4n) is 2.33. The van der Waals surface area contributed by atoms with Gasteiger partial charge in [0, 0.05) is 12.4 Å². The van der Waals surface area contributed by atoms with Crippen LogP contribution >= 0.6 is 0 Å². The van der Waals surface area contributed by atoms with Crippen LogP contribution < -0.4 is 0 Å². The average Bonchev–Trinajstić information content (AvgIpc) is 2.59. The molecule has 0 unspecified atom stereocenters. The number of esters is 1. The summed E-state index contributed by atoms with van der Waals surface area (Å²) in [5.41, 5.74) is 0.581. The number of unbranched alkanes of at least 4 members (excludes halogenated alkanes) is 9. The molecule has 1 rings (SSSR count). The monoisotopic (exact) mass is 413 g/mol. The zero-order chi connectivity index (χ0) is 19.7. The molecule has 0 saturated carbocycles.